The molecule has 3 nitrogen and oxygen atoms in total. The van der Waals surface area contributed by atoms with E-state index in [9.17, 15) is 4.79 Å². The molecule has 0 aliphatic rings. The van der Waals surface area contributed by atoms with Crippen LogP contribution in [0, 0.1) is 0 Å². The molecule has 0 aliphatic carbocycles. The summed E-state index contributed by atoms with van der Waals surface area (Å²) in [4.78, 5) is 16.0. The molecule has 2 aromatic rings. The lowest BCUT2D eigenvalue weighted by Gasteiger charge is -2.02. The second-order valence-corrected chi connectivity index (χ2v) is 4.17. The van der Waals surface area contributed by atoms with Crippen LogP contribution in [0.4, 0.5) is 0 Å². The summed E-state index contributed by atoms with van der Waals surface area (Å²) >= 11 is 9.88. The van der Waals surface area contributed by atoms with Crippen LogP contribution in [0.3, 0.4) is 0 Å². The number of hydrogen-bond donors (Lipinski definition) is 1. The van der Waals surface area contributed by atoms with E-state index in [1.165, 1.54) is 6.20 Å². The molecule has 0 N–H and O–H groups in total. The van der Waals surface area contributed by atoms with E-state index in [1.807, 2.05) is 0 Å². The summed E-state index contributed by atoms with van der Waals surface area (Å²) in [5.74, 6) is -0.0908. The Morgan fingerprint density at radius 2 is 2.00 bits per heavy atom. The molecule has 0 saturated heterocycles. The molecule has 0 aliphatic heterocycles. The van der Waals surface area contributed by atoms with Crippen molar-refractivity contribution in [1.82, 2.24) is 9.55 Å². The minimum atomic E-state index is -0.0908. The maximum Gasteiger partial charge on any atom is 0.211 e. The Labute approximate surface area is 103 Å². The van der Waals surface area contributed by atoms with Gasteiger partial charge in [-0.15, -0.1) is 12.6 Å². The summed E-state index contributed by atoms with van der Waals surface area (Å²) in [6.07, 6.45) is 1.51. The maximum absolute atomic E-state index is 12.1. The van der Waals surface area contributed by atoms with Gasteiger partial charge in [0.15, 0.2) is 5.16 Å². The van der Waals surface area contributed by atoms with E-state index in [2.05, 4.69) is 17.6 Å². The van der Waals surface area contributed by atoms with Gasteiger partial charge < -0.3 is 4.57 Å². The van der Waals surface area contributed by atoms with Gasteiger partial charge in [0, 0.05) is 17.6 Å². The third kappa shape index (κ3) is 1.99. The number of hydrogen-bond acceptors (Lipinski definition) is 3. The number of rotatable bonds is 2. The number of carbonyl (C=O) groups excluding carboxylic acids is 1. The number of imidazole rings is 1. The molecule has 1 aromatic heterocycles. The topological polar surface area (TPSA) is 34.9 Å². The smallest absolute Gasteiger partial charge is 0.211 e. The average Bonchev–Trinajstić information content (AvgIpc) is 2.60. The standard InChI is InChI=1S/C11H9ClN2OS/c1-14-9(6-13-11(14)16)10(15)7-2-4-8(12)5-3-7/h2-6H,1H3,(H,13,16). The van der Waals surface area contributed by atoms with Crippen molar-refractivity contribution in [3.63, 3.8) is 0 Å². The highest BCUT2D eigenvalue weighted by atomic mass is 35.5. The van der Waals surface area contributed by atoms with Gasteiger partial charge in [-0.05, 0) is 24.3 Å². The zero-order chi connectivity index (χ0) is 11.7. The number of benzene rings is 1. The van der Waals surface area contributed by atoms with Crippen LogP contribution in [0.15, 0.2) is 35.6 Å². The highest BCUT2D eigenvalue weighted by Gasteiger charge is 2.14. The molecular formula is C11H9ClN2OS. The Balaban J connectivity index is 2.39. The molecule has 0 atom stereocenters. The summed E-state index contributed by atoms with van der Waals surface area (Å²) in [6.45, 7) is 0. The van der Waals surface area contributed by atoms with E-state index in [0.717, 1.165) is 0 Å². The number of thiol groups is 1. The first-order valence-electron chi connectivity index (χ1n) is 4.60. The molecule has 0 bridgehead atoms. The lowest BCUT2D eigenvalue weighted by atomic mass is 10.1. The average molecular weight is 253 g/mol. The van der Waals surface area contributed by atoms with Crippen molar-refractivity contribution in [1.29, 1.82) is 0 Å². The highest BCUT2D eigenvalue weighted by molar-refractivity contribution is 7.80. The Kier molecular flexibility index (Phi) is 3.03. The summed E-state index contributed by atoms with van der Waals surface area (Å²) in [6, 6.07) is 6.76. The molecule has 0 radical (unpaired) electrons. The molecule has 82 valence electrons. The summed E-state index contributed by atoms with van der Waals surface area (Å²) in [5.41, 5.74) is 1.09. The van der Waals surface area contributed by atoms with Gasteiger partial charge in [-0.2, -0.15) is 0 Å². The number of ketones is 1. The van der Waals surface area contributed by atoms with Gasteiger partial charge in [0.1, 0.15) is 5.69 Å². The van der Waals surface area contributed by atoms with Gasteiger partial charge in [-0.3, -0.25) is 4.79 Å². The van der Waals surface area contributed by atoms with E-state index in [4.69, 9.17) is 11.6 Å². The van der Waals surface area contributed by atoms with Crippen molar-refractivity contribution in [3.8, 4) is 0 Å². The van der Waals surface area contributed by atoms with Gasteiger partial charge >= 0.3 is 0 Å². The Bertz CT molecular complexity index is 533. The fraction of sp³-hybridized carbons (Fsp3) is 0.0909. The predicted molar refractivity (Wildman–Crippen MR) is 65.3 cm³/mol. The van der Waals surface area contributed by atoms with Gasteiger partial charge in [-0.25, -0.2) is 4.98 Å². The van der Waals surface area contributed by atoms with Crippen LogP contribution in [0.5, 0.6) is 0 Å². The van der Waals surface area contributed by atoms with Crippen molar-refractivity contribution >= 4 is 30.0 Å². The lowest BCUT2D eigenvalue weighted by Crippen LogP contribution is -2.07. The highest BCUT2D eigenvalue weighted by Crippen LogP contribution is 2.15. The van der Waals surface area contributed by atoms with E-state index >= 15 is 0 Å². The van der Waals surface area contributed by atoms with E-state index in [0.29, 0.717) is 21.4 Å². The van der Waals surface area contributed by atoms with Crippen LogP contribution in [-0.4, -0.2) is 15.3 Å². The molecule has 2 rings (SSSR count). The largest absolute Gasteiger partial charge is 0.320 e. The number of halogens is 1. The fourth-order valence-electron chi connectivity index (χ4n) is 1.36. The molecule has 0 amide bonds. The minimum Gasteiger partial charge on any atom is -0.320 e. The van der Waals surface area contributed by atoms with E-state index in [1.54, 1.807) is 35.9 Å². The first-order chi connectivity index (χ1) is 7.59. The molecule has 5 heteroatoms. The van der Waals surface area contributed by atoms with Gasteiger partial charge in [-0.1, -0.05) is 11.6 Å². The van der Waals surface area contributed by atoms with Crippen LogP contribution in [0.1, 0.15) is 16.1 Å². The maximum atomic E-state index is 12.1. The van der Waals surface area contributed by atoms with Crippen molar-refractivity contribution in [2.24, 2.45) is 7.05 Å². The van der Waals surface area contributed by atoms with Crippen molar-refractivity contribution in [3.05, 3.63) is 46.7 Å². The molecule has 0 saturated carbocycles. The quantitative estimate of drug-likeness (QED) is 0.659. The molecule has 0 spiro atoms. The lowest BCUT2D eigenvalue weighted by molar-refractivity contribution is 0.103. The molecule has 16 heavy (non-hydrogen) atoms. The van der Waals surface area contributed by atoms with Crippen LogP contribution >= 0.6 is 24.2 Å². The summed E-state index contributed by atoms with van der Waals surface area (Å²) in [7, 11) is 1.75. The first kappa shape index (κ1) is 11.2. The zero-order valence-corrected chi connectivity index (χ0v) is 10.2. The Morgan fingerprint density at radius 3 is 2.50 bits per heavy atom. The van der Waals surface area contributed by atoms with Gasteiger partial charge in [0.2, 0.25) is 5.78 Å². The third-order valence-electron chi connectivity index (χ3n) is 2.30. The van der Waals surface area contributed by atoms with Gasteiger partial charge in [0.05, 0.1) is 6.20 Å². The van der Waals surface area contributed by atoms with Crippen molar-refractivity contribution < 1.29 is 4.79 Å². The second kappa shape index (κ2) is 4.31. The number of carbonyl (C=O) groups is 1. The summed E-state index contributed by atoms with van der Waals surface area (Å²) in [5, 5.41) is 1.12. The van der Waals surface area contributed by atoms with Gasteiger partial charge in [0.25, 0.3) is 0 Å². The Hall–Kier alpha value is -1.26. The van der Waals surface area contributed by atoms with E-state index < -0.39 is 0 Å². The van der Waals surface area contributed by atoms with Crippen LogP contribution in [0.2, 0.25) is 5.02 Å². The number of nitrogens with zero attached hydrogens (tertiary/aromatic N) is 2. The molecule has 0 unspecified atom stereocenters. The van der Waals surface area contributed by atoms with Crippen LogP contribution in [-0.2, 0) is 7.05 Å². The monoisotopic (exact) mass is 252 g/mol. The minimum absolute atomic E-state index is 0.0908. The summed E-state index contributed by atoms with van der Waals surface area (Å²) < 4.78 is 1.64. The first-order valence-corrected chi connectivity index (χ1v) is 5.43. The molecule has 1 aromatic carbocycles. The van der Waals surface area contributed by atoms with E-state index in [-0.39, 0.29) is 5.78 Å². The van der Waals surface area contributed by atoms with Crippen LogP contribution < -0.4 is 0 Å². The Morgan fingerprint density at radius 1 is 1.38 bits per heavy atom. The fourth-order valence-corrected chi connectivity index (χ4v) is 1.65. The normalized spacial score (nSPS) is 10.4. The number of aromatic nitrogens is 2. The SMILES string of the molecule is Cn1c(C(=O)c2ccc(Cl)cc2)cnc1S. The molecule has 1 heterocycles. The zero-order valence-electron chi connectivity index (χ0n) is 8.51. The van der Waals surface area contributed by atoms with Crippen LogP contribution in [0.25, 0.3) is 0 Å². The second-order valence-electron chi connectivity index (χ2n) is 3.34. The predicted octanol–water partition coefficient (Wildman–Crippen LogP) is 2.59. The third-order valence-corrected chi connectivity index (χ3v) is 2.97. The van der Waals surface area contributed by atoms with Crippen molar-refractivity contribution in [2.45, 2.75) is 5.16 Å². The van der Waals surface area contributed by atoms with Crippen molar-refractivity contribution in [2.75, 3.05) is 0 Å². The molecule has 0 fully saturated rings. The molecular weight excluding hydrogens is 244 g/mol.